The number of hydrogen-bond donors (Lipinski definition) is 2. The van der Waals surface area contributed by atoms with Gasteiger partial charge in [0.2, 0.25) is 5.91 Å². The van der Waals surface area contributed by atoms with E-state index >= 15 is 0 Å². The lowest BCUT2D eigenvalue weighted by Crippen LogP contribution is -2.20. The van der Waals surface area contributed by atoms with Crippen LogP contribution in [-0.4, -0.2) is 22.4 Å². The Morgan fingerprint density at radius 2 is 2.53 bits per heavy atom. The van der Waals surface area contributed by atoms with Crippen LogP contribution in [0.15, 0.2) is 27.2 Å². The summed E-state index contributed by atoms with van der Waals surface area (Å²) in [5.74, 6) is -0.220. The third-order valence-electron chi connectivity index (χ3n) is 1.84. The fourth-order valence-corrected chi connectivity index (χ4v) is 1.65. The summed E-state index contributed by atoms with van der Waals surface area (Å²) < 4.78 is 4.37. The molecule has 2 aromatic heterocycles. The lowest BCUT2D eigenvalue weighted by molar-refractivity contribution is -0.120. The van der Waals surface area contributed by atoms with Gasteiger partial charge in [-0.05, 0) is 16.6 Å². The molecule has 0 aliphatic rings. The Labute approximate surface area is 100 Å². The largest absolute Gasteiger partial charge is 0.379 e. The second-order valence-electron chi connectivity index (χ2n) is 3.08. The zero-order chi connectivity index (χ0) is 12.1. The Kier molecular flexibility index (Phi) is 3.46. The number of anilines is 1. The summed E-state index contributed by atoms with van der Waals surface area (Å²) in [7, 11) is 0. The SMILES string of the molecule is Nc1nonc1CC(=O)NN=Cc1cccs1. The highest BCUT2D eigenvalue weighted by atomic mass is 32.1. The van der Waals surface area contributed by atoms with E-state index in [2.05, 4.69) is 25.5 Å². The van der Waals surface area contributed by atoms with Crippen LogP contribution in [0.5, 0.6) is 0 Å². The van der Waals surface area contributed by atoms with Crippen molar-refractivity contribution >= 4 is 29.3 Å². The monoisotopic (exact) mass is 251 g/mol. The number of rotatable bonds is 4. The molecule has 2 aromatic rings. The zero-order valence-electron chi connectivity index (χ0n) is 8.66. The summed E-state index contributed by atoms with van der Waals surface area (Å²) in [5.41, 5.74) is 8.07. The Bertz CT molecular complexity index is 519. The van der Waals surface area contributed by atoms with Crippen LogP contribution in [0.4, 0.5) is 5.82 Å². The first-order valence-electron chi connectivity index (χ1n) is 4.68. The molecule has 2 heterocycles. The van der Waals surface area contributed by atoms with E-state index in [9.17, 15) is 4.79 Å². The van der Waals surface area contributed by atoms with Crippen LogP contribution in [-0.2, 0) is 11.2 Å². The van der Waals surface area contributed by atoms with Gasteiger partial charge in [0, 0.05) is 4.88 Å². The van der Waals surface area contributed by atoms with Gasteiger partial charge in [0.25, 0.3) is 0 Å². The summed E-state index contributed by atoms with van der Waals surface area (Å²) in [5, 5.41) is 12.6. The number of hydrogen-bond acceptors (Lipinski definition) is 7. The third kappa shape index (κ3) is 3.11. The number of nitrogens with zero attached hydrogens (tertiary/aromatic N) is 3. The molecule has 0 fully saturated rings. The average molecular weight is 251 g/mol. The van der Waals surface area contributed by atoms with Gasteiger partial charge in [0.05, 0.1) is 12.6 Å². The topological polar surface area (TPSA) is 106 Å². The molecular weight excluding hydrogens is 242 g/mol. The van der Waals surface area contributed by atoms with Crippen molar-refractivity contribution < 1.29 is 9.42 Å². The van der Waals surface area contributed by atoms with Crippen LogP contribution in [0.25, 0.3) is 0 Å². The second-order valence-corrected chi connectivity index (χ2v) is 4.06. The summed E-state index contributed by atoms with van der Waals surface area (Å²) in [6.45, 7) is 0. The molecule has 0 aliphatic carbocycles. The van der Waals surface area contributed by atoms with Crippen molar-refractivity contribution in [2.45, 2.75) is 6.42 Å². The van der Waals surface area contributed by atoms with Gasteiger partial charge in [-0.25, -0.2) is 10.1 Å². The van der Waals surface area contributed by atoms with Gasteiger partial charge >= 0.3 is 0 Å². The number of nitrogens with two attached hydrogens (primary N) is 1. The molecule has 2 rings (SSSR count). The van der Waals surface area contributed by atoms with Gasteiger partial charge < -0.3 is 5.73 Å². The number of thiophene rings is 1. The first kappa shape index (κ1) is 11.3. The molecule has 0 aromatic carbocycles. The first-order valence-corrected chi connectivity index (χ1v) is 5.56. The fraction of sp³-hybridized carbons (Fsp3) is 0.111. The van der Waals surface area contributed by atoms with Crippen molar-refractivity contribution in [2.75, 3.05) is 5.73 Å². The predicted molar refractivity (Wildman–Crippen MR) is 62.5 cm³/mol. The number of nitrogen functional groups attached to an aromatic ring is 1. The molecule has 1 amide bonds. The van der Waals surface area contributed by atoms with Crippen molar-refractivity contribution in [3.05, 3.63) is 28.1 Å². The van der Waals surface area contributed by atoms with Crippen molar-refractivity contribution in [3.63, 3.8) is 0 Å². The van der Waals surface area contributed by atoms with Crippen LogP contribution < -0.4 is 11.2 Å². The predicted octanol–water partition coefficient (Wildman–Crippen LogP) is 0.406. The molecule has 8 heteroatoms. The van der Waals surface area contributed by atoms with Crippen molar-refractivity contribution in [1.29, 1.82) is 0 Å². The van der Waals surface area contributed by atoms with Gasteiger partial charge in [0.15, 0.2) is 5.82 Å². The summed E-state index contributed by atoms with van der Waals surface area (Å²) in [4.78, 5) is 12.4. The van der Waals surface area contributed by atoms with Gasteiger partial charge in [-0.2, -0.15) is 5.10 Å². The van der Waals surface area contributed by atoms with Crippen molar-refractivity contribution in [3.8, 4) is 0 Å². The van der Waals surface area contributed by atoms with E-state index in [1.54, 1.807) is 6.21 Å². The molecule has 0 saturated heterocycles. The quantitative estimate of drug-likeness (QED) is 0.604. The summed E-state index contributed by atoms with van der Waals surface area (Å²) in [6, 6.07) is 3.79. The highest BCUT2D eigenvalue weighted by Crippen LogP contribution is 2.05. The molecule has 3 N–H and O–H groups in total. The van der Waals surface area contributed by atoms with Gasteiger partial charge in [0.1, 0.15) is 5.69 Å². The van der Waals surface area contributed by atoms with Gasteiger partial charge in [-0.15, -0.1) is 11.3 Å². The normalized spacial score (nSPS) is 10.8. The average Bonchev–Trinajstić information content (AvgIpc) is 2.92. The third-order valence-corrected chi connectivity index (χ3v) is 2.64. The van der Waals surface area contributed by atoms with Crippen LogP contribution >= 0.6 is 11.3 Å². The van der Waals surface area contributed by atoms with E-state index in [0.717, 1.165) is 4.88 Å². The molecule has 17 heavy (non-hydrogen) atoms. The van der Waals surface area contributed by atoms with E-state index in [1.807, 2.05) is 17.5 Å². The van der Waals surface area contributed by atoms with E-state index in [-0.39, 0.29) is 18.1 Å². The minimum atomic E-state index is -0.333. The number of carbonyl (C=O) groups is 1. The molecule has 0 saturated carbocycles. The Balaban J connectivity index is 1.84. The van der Waals surface area contributed by atoms with Gasteiger partial charge in [-0.1, -0.05) is 11.2 Å². The van der Waals surface area contributed by atoms with Crippen molar-refractivity contribution in [1.82, 2.24) is 15.7 Å². The first-order chi connectivity index (χ1) is 8.25. The molecule has 0 aliphatic heterocycles. The Hall–Kier alpha value is -2.22. The van der Waals surface area contributed by atoms with E-state index in [0.29, 0.717) is 5.69 Å². The van der Waals surface area contributed by atoms with Crippen LogP contribution in [0.2, 0.25) is 0 Å². The standard InChI is InChI=1S/C9H9N5O2S/c10-9-7(13-16-14-9)4-8(15)12-11-5-6-2-1-3-17-6/h1-3,5H,4H2,(H2,10,14)(H,12,15). The molecule has 88 valence electrons. The smallest absolute Gasteiger partial charge is 0.246 e. The fourth-order valence-electron chi connectivity index (χ4n) is 1.06. The molecule has 0 spiro atoms. The zero-order valence-corrected chi connectivity index (χ0v) is 9.48. The maximum Gasteiger partial charge on any atom is 0.246 e. The van der Waals surface area contributed by atoms with Crippen LogP contribution in [0.3, 0.4) is 0 Å². The maximum absolute atomic E-state index is 11.4. The lowest BCUT2D eigenvalue weighted by atomic mass is 10.3. The van der Waals surface area contributed by atoms with Crippen LogP contribution in [0.1, 0.15) is 10.6 Å². The highest BCUT2D eigenvalue weighted by molar-refractivity contribution is 7.11. The van der Waals surface area contributed by atoms with Crippen molar-refractivity contribution in [2.24, 2.45) is 5.10 Å². The molecule has 0 bridgehead atoms. The number of aromatic nitrogens is 2. The molecule has 0 unspecified atom stereocenters. The second kappa shape index (κ2) is 5.21. The minimum Gasteiger partial charge on any atom is -0.379 e. The highest BCUT2D eigenvalue weighted by Gasteiger charge is 2.10. The van der Waals surface area contributed by atoms with Gasteiger partial charge in [-0.3, -0.25) is 4.79 Å². The number of amides is 1. The number of hydrazone groups is 1. The lowest BCUT2D eigenvalue weighted by Gasteiger charge is -1.95. The molecule has 7 nitrogen and oxygen atoms in total. The van der Waals surface area contributed by atoms with E-state index in [1.165, 1.54) is 11.3 Å². The molecule has 0 atom stereocenters. The number of carbonyl (C=O) groups excluding carboxylic acids is 1. The minimum absolute atomic E-state index is 0.0168. The van der Waals surface area contributed by atoms with E-state index in [4.69, 9.17) is 5.73 Å². The summed E-state index contributed by atoms with van der Waals surface area (Å²) >= 11 is 1.52. The Morgan fingerprint density at radius 3 is 3.18 bits per heavy atom. The Morgan fingerprint density at radius 1 is 1.65 bits per heavy atom. The van der Waals surface area contributed by atoms with E-state index < -0.39 is 0 Å². The molecular formula is C9H9N5O2S. The van der Waals surface area contributed by atoms with Crippen LogP contribution in [0, 0.1) is 0 Å². The maximum atomic E-state index is 11.4. The molecule has 0 radical (unpaired) electrons. The number of nitrogens with one attached hydrogen (secondary N) is 1. The summed E-state index contributed by atoms with van der Waals surface area (Å²) in [6.07, 6.45) is 1.55.